The van der Waals surface area contributed by atoms with Crippen LogP contribution >= 0.6 is 0 Å². The molecule has 3 aliphatic heterocycles. The molecule has 0 bridgehead atoms. The third kappa shape index (κ3) is 5.54. The maximum Gasteiger partial charge on any atom is 0.245 e. The summed E-state index contributed by atoms with van der Waals surface area (Å²) in [4.78, 5) is 35.1. The first-order chi connectivity index (χ1) is 22.4. The second-order valence-electron chi connectivity index (χ2n) is 12.2. The minimum absolute atomic E-state index is 0.118. The molecule has 236 valence electrons. The molecule has 9 heteroatoms. The predicted octanol–water partition coefficient (Wildman–Crippen LogP) is 4.87. The van der Waals surface area contributed by atoms with E-state index >= 15 is 0 Å². The maximum absolute atomic E-state index is 13.9. The fourth-order valence-corrected chi connectivity index (χ4v) is 7.21. The number of carbonyl (C=O) groups is 2. The van der Waals surface area contributed by atoms with Crippen molar-refractivity contribution in [3.63, 3.8) is 0 Å². The predicted molar refractivity (Wildman–Crippen MR) is 176 cm³/mol. The van der Waals surface area contributed by atoms with Crippen molar-refractivity contribution < 1.29 is 18.4 Å². The van der Waals surface area contributed by atoms with Crippen LogP contribution in [0.5, 0.6) is 0 Å². The van der Waals surface area contributed by atoms with Crippen molar-refractivity contribution >= 4 is 23.2 Å². The summed E-state index contributed by atoms with van der Waals surface area (Å²) in [5.41, 5.74) is 5.15. The molecule has 0 radical (unpaired) electrons. The van der Waals surface area contributed by atoms with Gasteiger partial charge in [0.25, 0.3) is 0 Å². The van der Waals surface area contributed by atoms with Gasteiger partial charge >= 0.3 is 0 Å². The number of amides is 2. The molecule has 1 spiro atoms. The van der Waals surface area contributed by atoms with Crippen LogP contribution in [0.1, 0.15) is 17.5 Å². The second-order valence-corrected chi connectivity index (χ2v) is 12.2. The van der Waals surface area contributed by atoms with Crippen LogP contribution in [0.4, 0.5) is 20.2 Å². The number of nitrogens with one attached hydrogen (secondary N) is 1. The van der Waals surface area contributed by atoms with Crippen LogP contribution in [-0.2, 0) is 15.0 Å². The van der Waals surface area contributed by atoms with Crippen molar-refractivity contribution in [2.24, 2.45) is 0 Å². The molecule has 3 saturated heterocycles. The highest BCUT2D eigenvalue weighted by molar-refractivity contribution is 6.14. The van der Waals surface area contributed by atoms with Crippen LogP contribution in [-0.4, -0.2) is 80.6 Å². The molecule has 0 aromatic heterocycles. The van der Waals surface area contributed by atoms with Crippen molar-refractivity contribution in [2.75, 3.05) is 68.8 Å². The lowest BCUT2D eigenvalue weighted by molar-refractivity contribution is -0.142. The van der Waals surface area contributed by atoms with E-state index in [2.05, 4.69) is 20.0 Å². The van der Waals surface area contributed by atoms with E-state index in [1.165, 1.54) is 29.2 Å². The molecule has 0 saturated carbocycles. The Morgan fingerprint density at radius 2 is 1.09 bits per heavy atom. The molecular formula is C37H37F2N5O2. The lowest BCUT2D eigenvalue weighted by Gasteiger charge is -2.37. The average Bonchev–Trinajstić information content (AvgIpc) is 3.52. The van der Waals surface area contributed by atoms with Gasteiger partial charge in [0.2, 0.25) is 11.8 Å². The van der Waals surface area contributed by atoms with Gasteiger partial charge in [0.05, 0.1) is 6.67 Å². The SMILES string of the molecule is Fc1ccc(N2CCNCC2)cc1.O=C1CC2(C(=O)N1CN1CCN(c3ccc(F)cc3)CC1)c1ccccc1-c1ccccc12. The minimum atomic E-state index is -0.916. The third-order valence-electron chi connectivity index (χ3n) is 9.61. The number of piperazine rings is 2. The van der Waals surface area contributed by atoms with Crippen LogP contribution in [0.3, 0.4) is 0 Å². The first-order valence-electron chi connectivity index (χ1n) is 15.9. The van der Waals surface area contributed by atoms with Crippen LogP contribution in [0.2, 0.25) is 0 Å². The lowest BCUT2D eigenvalue weighted by Crippen LogP contribution is -2.52. The summed E-state index contributed by atoms with van der Waals surface area (Å²) in [5, 5.41) is 3.28. The maximum atomic E-state index is 13.9. The number of imide groups is 1. The molecule has 7 nitrogen and oxygen atoms in total. The van der Waals surface area contributed by atoms with Crippen molar-refractivity contribution in [1.29, 1.82) is 0 Å². The van der Waals surface area contributed by atoms with E-state index in [0.717, 1.165) is 86.0 Å². The van der Waals surface area contributed by atoms with Gasteiger partial charge in [0.15, 0.2) is 0 Å². The standard InChI is InChI=1S/C27H24FN3O2.C10H13FN2/c28-19-9-11-20(12-10-19)30-15-13-29(14-16-30)18-31-25(32)17-27(26(31)33)23-7-3-1-5-21(23)22-6-2-4-8-24(22)27;11-9-1-3-10(4-2-9)13-7-5-12-6-8-13/h1-12H,13-18H2;1-4,12H,5-8H2. The van der Waals surface area contributed by atoms with Gasteiger partial charge in [-0.05, 0) is 70.8 Å². The van der Waals surface area contributed by atoms with Gasteiger partial charge < -0.3 is 15.1 Å². The number of benzene rings is 4. The Hall–Kier alpha value is -4.60. The molecular weight excluding hydrogens is 584 g/mol. The summed E-state index contributed by atoms with van der Waals surface area (Å²) in [6, 6.07) is 29.1. The van der Waals surface area contributed by atoms with E-state index in [4.69, 9.17) is 0 Å². The highest BCUT2D eigenvalue weighted by Crippen LogP contribution is 2.54. The monoisotopic (exact) mass is 621 g/mol. The summed E-state index contributed by atoms with van der Waals surface area (Å²) >= 11 is 0. The van der Waals surface area contributed by atoms with Gasteiger partial charge in [-0.1, -0.05) is 48.5 Å². The van der Waals surface area contributed by atoms with Crippen LogP contribution in [0.15, 0.2) is 97.1 Å². The van der Waals surface area contributed by atoms with Crippen molar-refractivity contribution in [3.05, 3.63) is 120 Å². The number of likely N-dealkylation sites (tertiary alicyclic amines) is 1. The summed E-state index contributed by atoms with van der Waals surface area (Å²) in [7, 11) is 0. The Morgan fingerprint density at radius 3 is 1.61 bits per heavy atom. The van der Waals surface area contributed by atoms with Gasteiger partial charge in [-0.15, -0.1) is 0 Å². The Bertz CT molecular complexity index is 1670. The zero-order valence-corrected chi connectivity index (χ0v) is 25.7. The van der Waals surface area contributed by atoms with Gasteiger partial charge in [-0.2, -0.15) is 0 Å². The number of carbonyl (C=O) groups excluding carboxylic acids is 2. The Morgan fingerprint density at radius 1 is 0.609 bits per heavy atom. The Balaban J connectivity index is 0.000000218. The zero-order valence-electron chi connectivity index (χ0n) is 25.7. The van der Waals surface area contributed by atoms with Crippen LogP contribution < -0.4 is 15.1 Å². The normalized spacial score (nSPS) is 18.8. The Kier molecular flexibility index (Phi) is 8.27. The number of hydrogen-bond donors (Lipinski definition) is 1. The molecule has 4 aromatic rings. The van der Waals surface area contributed by atoms with E-state index in [1.807, 2.05) is 60.7 Å². The van der Waals surface area contributed by atoms with E-state index in [9.17, 15) is 18.4 Å². The molecule has 1 N–H and O–H groups in total. The Labute approximate surface area is 268 Å². The lowest BCUT2D eigenvalue weighted by atomic mass is 9.77. The smallest absolute Gasteiger partial charge is 0.245 e. The van der Waals surface area contributed by atoms with Gasteiger partial charge in [-0.25, -0.2) is 8.78 Å². The first-order valence-corrected chi connectivity index (χ1v) is 15.9. The largest absolute Gasteiger partial charge is 0.369 e. The molecule has 1 aliphatic carbocycles. The molecule has 4 aliphatic rings. The van der Waals surface area contributed by atoms with E-state index in [0.29, 0.717) is 6.67 Å². The topological polar surface area (TPSA) is 59.1 Å². The van der Waals surface area contributed by atoms with Crippen LogP contribution in [0, 0.1) is 11.6 Å². The molecule has 2 amide bonds. The van der Waals surface area contributed by atoms with Gasteiger partial charge in [-0.3, -0.25) is 19.4 Å². The zero-order chi connectivity index (χ0) is 31.7. The molecule has 8 rings (SSSR count). The van der Waals surface area contributed by atoms with E-state index in [1.54, 1.807) is 12.1 Å². The number of fused-ring (bicyclic) bond motifs is 5. The number of halogens is 2. The quantitative estimate of drug-likeness (QED) is 0.329. The highest BCUT2D eigenvalue weighted by atomic mass is 19.1. The first kappa shape index (κ1) is 30.1. The van der Waals surface area contributed by atoms with E-state index < -0.39 is 5.41 Å². The molecule has 0 atom stereocenters. The molecule has 3 fully saturated rings. The van der Waals surface area contributed by atoms with Gasteiger partial charge in [0, 0.05) is 70.2 Å². The molecule has 0 unspecified atom stereocenters. The molecule has 46 heavy (non-hydrogen) atoms. The summed E-state index contributed by atoms with van der Waals surface area (Å²) in [6.45, 7) is 7.33. The summed E-state index contributed by atoms with van der Waals surface area (Å²) < 4.78 is 25.9. The minimum Gasteiger partial charge on any atom is -0.369 e. The third-order valence-corrected chi connectivity index (χ3v) is 9.61. The summed E-state index contributed by atoms with van der Waals surface area (Å²) in [6.07, 6.45) is 0.176. The number of hydrogen-bond acceptors (Lipinski definition) is 6. The van der Waals surface area contributed by atoms with Crippen molar-refractivity contribution in [3.8, 4) is 11.1 Å². The fraction of sp³-hybridized carbons (Fsp3) is 0.297. The second kappa shape index (κ2) is 12.7. The van der Waals surface area contributed by atoms with Crippen molar-refractivity contribution in [1.82, 2.24) is 15.1 Å². The summed E-state index contributed by atoms with van der Waals surface area (Å²) in [5.74, 6) is -0.648. The number of nitrogens with zero attached hydrogens (tertiary/aromatic N) is 4. The average molecular weight is 622 g/mol. The number of rotatable bonds is 4. The highest BCUT2D eigenvalue weighted by Gasteiger charge is 2.58. The van der Waals surface area contributed by atoms with Crippen LogP contribution in [0.25, 0.3) is 11.1 Å². The number of anilines is 2. The van der Waals surface area contributed by atoms with Crippen molar-refractivity contribution in [2.45, 2.75) is 11.8 Å². The van der Waals surface area contributed by atoms with E-state index in [-0.39, 0.29) is 29.9 Å². The molecule has 4 aromatic carbocycles. The van der Waals surface area contributed by atoms with Gasteiger partial charge in [0.1, 0.15) is 17.0 Å². The fourth-order valence-electron chi connectivity index (χ4n) is 7.21. The molecule has 3 heterocycles.